The first-order valence-electron chi connectivity index (χ1n) is 32.7. The standard InChI is InChI=1S/C67H84N6O25S/c1-35-24-40-17-10-19-43(54(40)50(25-35)99(88,89)90)69-31-38-14-9-18-42(26-38)70-53(78)34-92-23-22-91-33-52(77)68-21-11-20-46(75)41-28-44(71-62(83)45-30-51(76)73-67(87)72-45)59(98-65-58(82)57(81)55(79)36(2)93-65)47(29-41)95-66-61(97-64(86)39-15-7-4-8-16-39)60(56(80)49(32-74)96-66)94-48(63(84)85)27-37-12-5-3-6-13-37/h4,7-10,14-19,24-26,30,36-37,41,44,47-49,55-61,65-66,69,74,79-82H,3,5-6,11-13,20-23,27-29,31-34H2,1-2H3,(H,68,77)(H,70,78)(H,71,83)(H,84,85)(H,88,89,90)(H2,72,73,76,87)/t36?,41?,44?,47?,48-,49?,55?,56?,57?,58?,59?,60?,61?,65?,66?/m0/s1. The molecule has 13 N–H and O–H groups in total. The van der Waals surface area contributed by atoms with Gasteiger partial charge in [0.2, 0.25) is 11.8 Å². The van der Waals surface area contributed by atoms with E-state index in [9.17, 15) is 82.0 Å². The van der Waals surface area contributed by atoms with E-state index < -0.39 is 167 Å². The van der Waals surface area contributed by atoms with Crippen molar-refractivity contribution >= 4 is 67.7 Å². The number of fused-ring (bicyclic) bond motifs is 1. The van der Waals surface area contributed by atoms with E-state index in [1.807, 2.05) is 4.98 Å². The molecule has 31 nitrogen and oxygen atoms in total. The molecule has 0 radical (unpaired) electrons. The zero-order valence-corrected chi connectivity index (χ0v) is 55.1. The maximum absolute atomic E-state index is 14.6. The van der Waals surface area contributed by atoms with Crippen LogP contribution < -0.4 is 32.5 Å². The van der Waals surface area contributed by atoms with Gasteiger partial charge >= 0.3 is 17.6 Å². The number of aromatic amines is 2. The molecule has 9 rings (SSSR count). The average Bonchev–Trinajstić information content (AvgIpc) is 0.781. The summed E-state index contributed by atoms with van der Waals surface area (Å²) in [6, 6.07) is 22.2. The molecule has 4 aromatic carbocycles. The fourth-order valence-corrected chi connectivity index (χ4v) is 13.6. The number of ether oxygens (including phenoxy) is 8. The number of hydrogen-bond donors (Lipinski definition) is 13. The minimum atomic E-state index is -4.54. The van der Waals surface area contributed by atoms with E-state index in [1.165, 1.54) is 37.3 Å². The minimum Gasteiger partial charge on any atom is -0.479 e. The quantitative estimate of drug-likeness (QED) is 0.0171. The lowest BCUT2D eigenvalue weighted by atomic mass is 9.78. The maximum atomic E-state index is 14.6. The van der Waals surface area contributed by atoms with Crippen LogP contribution in [0, 0.1) is 18.8 Å². The third kappa shape index (κ3) is 20.4. The first kappa shape index (κ1) is 75.3. The molecule has 4 aliphatic rings. The number of Topliss-reactive ketones (excluding diaryl/α,β-unsaturated/α-hetero) is 1. The molecule has 2 saturated heterocycles. The fraction of sp³-hybridized carbons (Fsp3) is 0.522. The number of esters is 1. The Bertz CT molecular complexity index is 3820. The molecule has 538 valence electrons. The number of H-pyrrole nitrogens is 2. The van der Waals surface area contributed by atoms with Gasteiger partial charge in [-0.1, -0.05) is 80.6 Å². The molecule has 0 bridgehead atoms. The van der Waals surface area contributed by atoms with Crippen LogP contribution in [0.15, 0.2) is 105 Å². The van der Waals surface area contributed by atoms with Crippen molar-refractivity contribution in [2.24, 2.45) is 11.8 Å². The molecular weight excluding hydrogens is 1320 g/mol. The summed E-state index contributed by atoms with van der Waals surface area (Å²) in [5.74, 6) is -6.24. The molecule has 2 saturated carbocycles. The summed E-state index contributed by atoms with van der Waals surface area (Å²) in [7, 11) is -4.54. The number of nitrogens with one attached hydrogen (secondary N) is 6. The molecular formula is C67H84N6O25S. The fourth-order valence-electron chi connectivity index (χ4n) is 12.8. The molecule has 4 fully saturated rings. The second-order valence-corrected chi connectivity index (χ2v) is 26.5. The summed E-state index contributed by atoms with van der Waals surface area (Å²) in [6.07, 6.45) is -19.2. The van der Waals surface area contributed by atoms with Crippen LogP contribution >= 0.6 is 0 Å². The zero-order chi connectivity index (χ0) is 71.1. The van der Waals surface area contributed by atoms with Gasteiger partial charge in [-0.25, -0.2) is 14.4 Å². The lowest BCUT2D eigenvalue weighted by molar-refractivity contribution is -0.347. The summed E-state index contributed by atoms with van der Waals surface area (Å²) < 4.78 is 82.9. The van der Waals surface area contributed by atoms with E-state index in [4.69, 9.17) is 37.9 Å². The molecule has 0 spiro atoms. The van der Waals surface area contributed by atoms with Crippen molar-refractivity contribution in [3.8, 4) is 0 Å². The van der Waals surface area contributed by atoms with Crippen molar-refractivity contribution in [2.45, 2.75) is 175 Å². The van der Waals surface area contributed by atoms with Gasteiger partial charge in [0.05, 0.1) is 43.6 Å². The number of anilines is 2. The van der Waals surface area contributed by atoms with Crippen LogP contribution in [0.4, 0.5) is 11.4 Å². The monoisotopic (exact) mass is 1400 g/mol. The number of ketones is 1. The summed E-state index contributed by atoms with van der Waals surface area (Å²) >= 11 is 0. The predicted molar refractivity (Wildman–Crippen MR) is 348 cm³/mol. The molecule has 32 heteroatoms. The van der Waals surface area contributed by atoms with Gasteiger partial charge in [0.25, 0.3) is 21.6 Å². The van der Waals surface area contributed by atoms with Crippen molar-refractivity contribution < 1.29 is 110 Å². The summed E-state index contributed by atoms with van der Waals surface area (Å²) in [5.41, 5.74) is -0.256. The third-order valence-electron chi connectivity index (χ3n) is 17.7. The highest BCUT2D eigenvalue weighted by Crippen LogP contribution is 2.39. The van der Waals surface area contributed by atoms with E-state index in [2.05, 4.69) is 26.3 Å². The molecule has 2 aliphatic heterocycles. The van der Waals surface area contributed by atoms with Crippen LogP contribution in [0.1, 0.15) is 103 Å². The van der Waals surface area contributed by atoms with Gasteiger partial charge in [-0.05, 0) is 98.4 Å². The molecule has 5 aromatic rings. The Hall–Kier alpha value is -7.93. The Morgan fingerprint density at radius 2 is 1.48 bits per heavy atom. The SMILES string of the molecule is Cc1cc(S(=O)(=O)O)c2c(NCc3cccc(NC(=O)COCCOCC(=O)NCCCC(=O)C4CC(NC(=O)c5cc(=O)[nH]c(=O)[nH]5)C(OC5OC(C)C(O)C(O)C5O)C(OC5OC(CO)C(O)C(O[C@@H](CC6CCCCC6)C(=O)O)C5OC(=O)c5ccccc5)C4)c3)cccc2c1. The van der Waals surface area contributed by atoms with Crippen LogP contribution in [0.2, 0.25) is 0 Å². The number of carboxylic acid groups (broad SMARTS) is 1. The number of aliphatic carboxylic acids is 1. The number of aliphatic hydroxyl groups is 5. The average molecular weight is 1410 g/mol. The Kier molecular flexibility index (Phi) is 26.5. The Morgan fingerprint density at radius 1 is 0.758 bits per heavy atom. The number of aromatic nitrogens is 2. The minimum absolute atomic E-state index is 0.00106. The van der Waals surface area contributed by atoms with Gasteiger partial charge in [0, 0.05) is 48.3 Å². The first-order chi connectivity index (χ1) is 47.3. The number of carboxylic acids is 1. The molecule has 3 heterocycles. The van der Waals surface area contributed by atoms with Crippen LogP contribution in [0.3, 0.4) is 0 Å². The lowest BCUT2D eigenvalue weighted by Gasteiger charge is -2.49. The van der Waals surface area contributed by atoms with Gasteiger partial charge in [0.15, 0.2) is 24.8 Å². The summed E-state index contributed by atoms with van der Waals surface area (Å²) in [6.45, 7) is 1.38. The van der Waals surface area contributed by atoms with Crippen molar-refractivity contribution in [3.05, 3.63) is 134 Å². The maximum Gasteiger partial charge on any atom is 0.338 e. The van der Waals surface area contributed by atoms with Gasteiger partial charge in [-0.2, -0.15) is 8.42 Å². The summed E-state index contributed by atoms with van der Waals surface area (Å²) in [4.78, 5) is 110. The molecule has 99 heavy (non-hydrogen) atoms. The van der Waals surface area contributed by atoms with Crippen molar-refractivity contribution in [3.63, 3.8) is 0 Å². The van der Waals surface area contributed by atoms with E-state index in [-0.39, 0.29) is 81.4 Å². The smallest absolute Gasteiger partial charge is 0.338 e. The highest BCUT2D eigenvalue weighted by Gasteiger charge is 2.54. The molecule has 15 atom stereocenters. The zero-order valence-electron chi connectivity index (χ0n) is 54.3. The van der Waals surface area contributed by atoms with Crippen LogP contribution in [0.25, 0.3) is 10.8 Å². The number of hydrogen-bond acceptors (Lipinski definition) is 24. The van der Waals surface area contributed by atoms with E-state index in [1.54, 1.807) is 61.5 Å². The van der Waals surface area contributed by atoms with Crippen LogP contribution in [0.5, 0.6) is 0 Å². The first-order valence-corrected chi connectivity index (χ1v) is 34.1. The Morgan fingerprint density at radius 3 is 2.19 bits per heavy atom. The number of rotatable bonds is 31. The Labute approximate surface area is 567 Å². The summed E-state index contributed by atoms with van der Waals surface area (Å²) in [5, 5.41) is 78.3. The third-order valence-corrected chi connectivity index (χ3v) is 18.6. The number of aliphatic hydroxyl groups excluding tert-OH is 5. The van der Waals surface area contributed by atoms with E-state index >= 15 is 0 Å². The molecule has 14 unspecified atom stereocenters. The molecule has 2 aliphatic carbocycles. The number of carbonyl (C=O) groups excluding carboxylic acids is 5. The number of benzene rings is 4. The van der Waals surface area contributed by atoms with E-state index in [0.717, 1.165) is 30.9 Å². The number of aryl methyl sites for hydroxylation is 1. The number of amides is 3. The predicted octanol–water partition coefficient (Wildman–Crippen LogP) is 1.74. The topological polar surface area (TPSA) is 466 Å². The van der Waals surface area contributed by atoms with Crippen molar-refractivity contribution in [1.82, 2.24) is 20.6 Å². The number of carbonyl (C=O) groups is 6. The van der Waals surface area contributed by atoms with Gasteiger partial charge in [-0.3, -0.25) is 33.5 Å². The normalized spacial score (nSPS) is 26.2. The van der Waals surface area contributed by atoms with Crippen molar-refractivity contribution in [2.75, 3.05) is 50.2 Å². The second-order valence-electron chi connectivity index (χ2n) is 25.1. The van der Waals surface area contributed by atoms with Crippen molar-refractivity contribution in [1.29, 1.82) is 0 Å². The highest BCUT2D eigenvalue weighted by atomic mass is 32.2. The second kappa shape index (κ2) is 34.9. The van der Waals surface area contributed by atoms with Crippen LogP contribution in [-0.4, -0.2) is 214 Å². The van der Waals surface area contributed by atoms with Gasteiger partial charge < -0.3 is 94.8 Å². The van der Waals surface area contributed by atoms with Crippen LogP contribution in [-0.2, 0) is 73.7 Å². The highest BCUT2D eigenvalue weighted by molar-refractivity contribution is 7.86. The lowest BCUT2D eigenvalue weighted by Crippen LogP contribution is -2.65. The Balaban J connectivity index is 0.850. The van der Waals surface area contributed by atoms with E-state index in [0.29, 0.717) is 40.6 Å². The molecule has 3 amide bonds. The molecule has 1 aromatic heterocycles. The largest absolute Gasteiger partial charge is 0.479 e. The van der Waals surface area contributed by atoms with Gasteiger partial charge in [0.1, 0.15) is 72.3 Å². The van der Waals surface area contributed by atoms with Gasteiger partial charge in [-0.15, -0.1) is 0 Å².